The molecule has 0 saturated carbocycles. The van der Waals surface area contributed by atoms with Gasteiger partial charge in [-0.2, -0.15) is 5.10 Å². The Hall–Kier alpha value is -2.32. The minimum absolute atomic E-state index is 0.194. The topological polar surface area (TPSA) is 79.3 Å². The Balaban J connectivity index is 1.93. The number of rotatable bonds is 5. The molecule has 0 atom stereocenters. The Kier molecular flexibility index (Phi) is 5.86. The summed E-state index contributed by atoms with van der Waals surface area (Å²) in [6, 6.07) is 3.73. The van der Waals surface area contributed by atoms with Crippen molar-refractivity contribution < 1.29 is 4.79 Å². The van der Waals surface area contributed by atoms with Crippen LogP contribution in [0, 0.1) is 13.8 Å². The van der Waals surface area contributed by atoms with E-state index in [2.05, 4.69) is 48.7 Å². The number of amides is 1. The number of nitrogens with one attached hydrogen (secondary N) is 2. The number of benzene rings is 1. The molecule has 0 unspecified atom stereocenters. The largest absolute Gasteiger partial charge is 0.321 e. The third-order valence-electron chi connectivity index (χ3n) is 4.18. The first-order valence-electron chi connectivity index (χ1n) is 8.50. The Bertz CT molecular complexity index is 1040. The smallest absolute Gasteiger partial charge is 0.257 e. The molecule has 1 amide bonds. The van der Waals surface area contributed by atoms with Crippen LogP contribution in [0.4, 0.5) is 10.8 Å². The predicted octanol–water partition coefficient (Wildman–Crippen LogP) is 5.52. The molecule has 0 bridgehead atoms. The molecule has 6 nitrogen and oxygen atoms in total. The van der Waals surface area contributed by atoms with Crippen LogP contribution in [0.3, 0.4) is 0 Å². The number of halogens is 1. The number of aryl methyl sites for hydroxylation is 2. The Morgan fingerprint density at radius 1 is 1.30 bits per heavy atom. The zero-order valence-electron chi connectivity index (χ0n) is 15.6. The van der Waals surface area contributed by atoms with Crippen molar-refractivity contribution in [2.24, 2.45) is 5.10 Å². The molecule has 3 rings (SSSR count). The monoisotopic (exact) mass is 445 g/mol. The molecule has 1 aromatic carbocycles. The second kappa shape index (κ2) is 8.14. The van der Waals surface area contributed by atoms with Crippen LogP contribution in [0.15, 0.2) is 34.1 Å². The number of pyridine rings is 1. The fourth-order valence-corrected chi connectivity index (χ4v) is 3.83. The first-order valence-corrected chi connectivity index (χ1v) is 10.1. The van der Waals surface area contributed by atoms with Crippen LogP contribution in [-0.4, -0.2) is 21.6 Å². The SMILES string of the molecule is CC/C(C)=N\Nc1nc2cc(C)c(NC(=O)c3cncc(Br)c3)c(C)c2s1. The molecule has 27 heavy (non-hydrogen) atoms. The molecule has 0 spiro atoms. The van der Waals surface area contributed by atoms with E-state index in [0.717, 1.165) is 48.8 Å². The molecule has 8 heteroatoms. The molecule has 0 aliphatic heterocycles. The van der Waals surface area contributed by atoms with Crippen molar-refractivity contribution in [3.05, 3.63) is 45.7 Å². The van der Waals surface area contributed by atoms with E-state index in [4.69, 9.17) is 0 Å². The van der Waals surface area contributed by atoms with E-state index in [1.807, 2.05) is 26.8 Å². The molecule has 2 aromatic heterocycles. The van der Waals surface area contributed by atoms with Gasteiger partial charge < -0.3 is 5.32 Å². The van der Waals surface area contributed by atoms with Crippen molar-refractivity contribution in [3.63, 3.8) is 0 Å². The first kappa shape index (κ1) is 19.4. The van der Waals surface area contributed by atoms with Crippen molar-refractivity contribution in [1.82, 2.24) is 9.97 Å². The summed E-state index contributed by atoms with van der Waals surface area (Å²) in [5, 5.41) is 8.06. The number of nitrogens with zero attached hydrogens (tertiary/aromatic N) is 3. The van der Waals surface area contributed by atoms with Gasteiger partial charge in [-0.1, -0.05) is 18.3 Å². The average Bonchev–Trinajstić information content (AvgIpc) is 3.06. The highest BCUT2D eigenvalue weighted by molar-refractivity contribution is 9.10. The zero-order chi connectivity index (χ0) is 19.6. The van der Waals surface area contributed by atoms with Crippen LogP contribution in [0.2, 0.25) is 0 Å². The summed E-state index contributed by atoms with van der Waals surface area (Å²) in [4.78, 5) is 21.3. The van der Waals surface area contributed by atoms with E-state index in [-0.39, 0.29) is 5.91 Å². The van der Waals surface area contributed by atoms with Gasteiger partial charge in [-0.25, -0.2) is 4.98 Å². The third kappa shape index (κ3) is 4.33. The maximum atomic E-state index is 12.6. The summed E-state index contributed by atoms with van der Waals surface area (Å²) in [7, 11) is 0. The number of hydrogen-bond donors (Lipinski definition) is 2. The van der Waals surface area contributed by atoms with Gasteiger partial charge in [0.1, 0.15) is 0 Å². The van der Waals surface area contributed by atoms with Crippen molar-refractivity contribution in [2.75, 3.05) is 10.7 Å². The lowest BCUT2D eigenvalue weighted by Crippen LogP contribution is -2.14. The number of thiazole rings is 1. The lowest BCUT2D eigenvalue weighted by atomic mass is 10.1. The van der Waals surface area contributed by atoms with Gasteiger partial charge in [0.15, 0.2) is 0 Å². The van der Waals surface area contributed by atoms with Gasteiger partial charge in [0.25, 0.3) is 5.91 Å². The highest BCUT2D eigenvalue weighted by Crippen LogP contribution is 2.35. The van der Waals surface area contributed by atoms with E-state index in [1.54, 1.807) is 18.5 Å². The van der Waals surface area contributed by atoms with E-state index >= 15 is 0 Å². The molecule has 0 saturated heterocycles. The second-order valence-corrected chi connectivity index (χ2v) is 8.13. The zero-order valence-corrected chi connectivity index (χ0v) is 18.0. The predicted molar refractivity (Wildman–Crippen MR) is 116 cm³/mol. The average molecular weight is 446 g/mol. The van der Waals surface area contributed by atoms with Gasteiger partial charge >= 0.3 is 0 Å². The molecular weight excluding hydrogens is 426 g/mol. The highest BCUT2D eigenvalue weighted by atomic mass is 79.9. The van der Waals surface area contributed by atoms with Gasteiger partial charge in [-0.05, 0) is 66.4 Å². The fraction of sp³-hybridized carbons (Fsp3) is 0.263. The van der Waals surface area contributed by atoms with Crippen molar-refractivity contribution in [2.45, 2.75) is 34.1 Å². The number of carbonyl (C=O) groups excluding carboxylic acids is 1. The summed E-state index contributed by atoms with van der Waals surface area (Å²) in [6.45, 7) is 7.99. The maximum absolute atomic E-state index is 12.6. The van der Waals surface area contributed by atoms with Crippen LogP contribution in [-0.2, 0) is 0 Å². The quantitative estimate of drug-likeness (QED) is 0.400. The number of carbonyl (C=O) groups is 1. The van der Waals surface area contributed by atoms with Gasteiger partial charge in [0.2, 0.25) is 5.13 Å². The summed E-state index contributed by atoms with van der Waals surface area (Å²) < 4.78 is 1.79. The van der Waals surface area contributed by atoms with Gasteiger partial charge in [-0.3, -0.25) is 15.2 Å². The van der Waals surface area contributed by atoms with Crippen LogP contribution >= 0.6 is 27.3 Å². The van der Waals surface area contributed by atoms with Crippen LogP contribution in [0.5, 0.6) is 0 Å². The highest BCUT2D eigenvalue weighted by Gasteiger charge is 2.15. The third-order valence-corrected chi connectivity index (χ3v) is 5.71. The van der Waals surface area contributed by atoms with E-state index in [0.29, 0.717) is 5.56 Å². The summed E-state index contributed by atoms with van der Waals surface area (Å²) in [5.74, 6) is -0.194. The van der Waals surface area contributed by atoms with Crippen molar-refractivity contribution in [1.29, 1.82) is 0 Å². The number of hydrogen-bond acceptors (Lipinski definition) is 6. The normalized spacial score (nSPS) is 11.7. The van der Waals surface area contributed by atoms with Crippen LogP contribution in [0.25, 0.3) is 10.2 Å². The van der Waals surface area contributed by atoms with E-state index < -0.39 is 0 Å². The standard InChI is InChI=1S/C19H20BrN5OS/c1-5-11(3)24-25-19-22-15-6-10(2)16(12(4)17(15)27-19)23-18(26)13-7-14(20)9-21-8-13/h6-9H,5H2,1-4H3,(H,22,25)(H,23,26)/b24-11-. The Morgan fingerprint density at radius 2 is 2.07 bits per heavy atom. The number of fused-ring (bicyclic) bond motifs is 1. The number of hydrazone groups is 1. The molecule has 2 heterocycles. The van der Waals surface area contributed by atoms with E-state index in [1.165, 1.54) is 11.3 Å². The molecule has 3 aromatic rings. The maximum Gasteiger partial charge on any atom is 0.257 e. The molecule has 0 aliphatic rings. The first-order chi connectivity index (χ1) is 12.9. The van der Waals surface area contributed by atoms with Crippen LogP contribution < -0.4 is 10.7 Å². The van der Waals surface area contributed by atoms with Crippen LogP contribution in [0.1, 0.15) is 41.8 Å². The van der Waals surface area contributed by atoms with Gasteiger partial charge in [0.05, 0.1) is 15.8 Å². The van der Waals surface area contributed by atoms with Crippen molar-refractivity contribution >= 4 is 59.9 Å². The minimum Gasteiger partial charge on any atom is -0.321 e. The van der Waals surface area contributed by atoms with Gasteiger partial charge in [-0.15, -0.1) is 0 Å². The summed E-state index contributed by atoms with van der Waals surface area (Å²) in [5.41, 5.74) is 8.17. The molecular formula is C19H20BrN5OS. The molecule has 0 radical (unpaired) electrons. The van der Waals surface area contributed by atoms with Crippen molar-refractivity contribution in [3.8, 4) is 0 Å². The minimum atomic E-state index is -0.194. The van der Waals surface area contributed by atoms with Gasteiger partial charge in [0, 0.05) is 28.3 Å². The van der Waals surface area contributed by atoms with E-state index in [9.17, 15) is 4.79 Å². The Labute approximate surface area is 170 Å². The summed E-state index contributed by atoms with van der Waals surface area (Å²) >= 11 is 4.87. The lowest BCUT2D eigenvalue weighted by Gasteiger charge is -2.12. The lowest BCUT2D eigenvalue weighted by molar-refractivity contribution is 0.102. The molecule has 0 aliphatic carbocycles. The Morgan fingerprint density at radius 3 is 2.78 bits per heavy atom. The second-order valence-electron chi connectivity index (χ2n) is 6.22. The fourth-order valence-electron chi connectivity index (χ4n) is 2.57. The molecule has 0 fully saturated rings. The number of aromatic nitrogens is 2. The molecule has 140 valence electrons. The number of anilines is 2. The summed E-state index contributed by atoms with van der Waals surface area (Å²) in [6.07, 6.45) is 4.08. The molecule has 2 N–H and O–H groups in total.